The predicted octanol–water partition coefficient (Wildman–Crippen LogP) is 3.96. The minimum absolute atomic E-state index is 0.0414. The molecule has 0 aromatic carbocycles. The van der Waals surface area contributed by atoms with Crippen molar-refractivity contribution in [1.82, 2.24) is 10.6 Å². The van der Waals surface area contributed by atoms with Crippen molar-refractivity contribution in [1.29, 1.82) is 0 Å². The average Bonchev–Trinajstić information content (AvgIpc) is 2.75. The van der Waals surface area contributed by atoms with Gasteiger partial charge in [0, 0.05) is 25.1 Å². The molecule has 1 amide bonds. The Morgan fingerprint density at radius 3 is 2.30 bits per heavy atom. The lowest BCUT2D eigenvalue weighted by atomic mass is 10.2. The Bertz CT molecular complexity index is 429. The molecule has 1 atom stereocenters. The third-order valence-electron chi connectivity index (χ3n) is 3.35. The maximum absolute atomic E-state index is 11.5. The summed E-state index contributed by atoms with van der Waals surface area (Å²) in [7, 11) is 3.64. The Labute approximate surface area is 193 Å². The van der Waals surface area contributed by atoms with Crippen LogP contribution in [0, 0.1) is 17.8 Å². The van der Waals surface area contributed by atoms with Gasteiger partial charge in [-0.2, -0.15) is 0 Å². The van der Waals surface area contributed by atoms with Gasteiger partial charge in [-0.15, -0.1) is 5.92 Å². The Hall–Kier alpha value is -0.430. The highest BCUT2D eigenvalue weighted by Gasteiger charge is 2.14. The van der Waals surface area contributed by atoms with E-state index in [1.165, 1.54) is 0 Å². The summed E-state index contributed by atoms with van der Waals surface area (Å²) in [4.78, 5) is 11.5. The molecule has 1 unspecified atom stereocenters. The van der Waals surface area contributed by atoms with E-state index >= 15 is 0 Å². The van der Waals surface area contributed by atoms with Crippen molar-refractivity contribution < 1.29 is 19.0 Å². The van der Waals surface area contributed by atoms with Gasteiger partial charge < -0.3 is 24.8 Å². The minimum atomic E-state index is -0.0414. The highest BCUT2D eigenvalue weighted by molar-refractivity contribution is 8.76. The first-order valence-corrected chi connectivity index (χ1v) is 13.5. The van der Waals surface area contributed by atoms with Gasteiger partial charge >= 0.3 is 0 Å². The van der Waals surface area contributed by atoms with Gasteiger partial charge in [0.2, 0.25) is 5.91 Å². The summed E-state index contributed by atoms with van der Waals surface area (Å²) in [6.45, 7) is 17.4. The molecule has 0 saturated carbocycles. The zero-order valence-electron chi connectivity index (χ0n) is 19.9. The lowest BCUT2D eigenvalue weighted by Gasteiger charge is -2.20. The summed E-state index contributed by atoms with van der Waals surface area (Å²) < 4.78 is 16.8. The van der Waals surface area contributed by atoms with Crippen molar-refractivity contribution in [3.8, 4) is 11.8 Å². The molecule has 30 heavy (non-hydrogen) atoms. The van der Waals surface area contributed by atoms with Gasteiger partial charge in [-0.05, 0) is 12.5 Å². The fourth-order valence-electron chi connectivity index (χ4n) is 1.87. The summed E-state index contributed by atoms with van der Waals surface area (Å²) in [5.41, 5.74) is 0.173. The van der Waals surface area contributed by atoms with E-state index in [0.29, 0.717) is 51.9 Å². The molecule has 0 aliphatic heterocycles. The van der Waals surface area contributed by atoms with Crippen LogP contribution < -0.4 is 10.6 Å². The van der Waals surface area contributed by atoms with E-state index in [4.69, 9.17) is 14.2 Å². The monoisotopic (exact) mass is 464 g/mol. The molecule has 0 saturated heterocycles. The number of amides is 1. The molecular weight excluding hydrogens is 420 g/mol. The second-order valence-corrected chi connectivity index (χ2v) is 8.80. The fraction of sp³-hybridized carbons (Fsp3) is 0.864. The van der Waals surface area contributed by atoms with E-state index in [9.17, 15) is 4.79 Å². The second-order valence-electron chi connectivity index (χ2n) is 6.21. The summed E-state index contributed by atoms with van der Waals surface area (Å²) in [5, 5.41) is 6.05. The first-order chi connectivity index (χ1) is 14.6. The maximum Gasteiger partial charge on any atom is 0.223 e. The van der Waals surface area contributed by atoms with Gasteiger partial charge in [0.05, 0.1) is 39.6 Å². The van der Waals surface area contributed by atoms with E-state index in [1.807, 2.05) is 31.6 Å². The summed E-state index contributed by atoms with van der Waals surface area (Å²) in [6.07, 6.45) is 1.15. The standard InChI is InChI=1S/C20H38N2O4S2.C2H6/c1-5-7-8-10-22-19(23)9-12-24-13-14-25-15-16-26-20(18(3)4)28-27-17-11-21-6-2;1-2/h18,20-21H,5-6,9-17H2,1-4H3,(H,22,23);1-2H3. The Balaban J connectivity index is 0. The maximum atomic E-state index is 11.5. The van der Waals surface area contributed by atoms with Crippen LogP contribution in [0.25, 0.3) is 0 Å². The Morgan fingerprint density at radius 1 is 1.00 bits per heavy atom. The van der Waals surface area contributed by atoms with Crippen LogP contribution in [0.3, 0.4) is 0 Å². The smallest absolute Gasteiger partial charge is 0.223 e. The molecule has 0 radical (unpaired) electrons. The third kappa shape index (κ3) is 23.8. The lowest BCUT2D eigenvalue weighted by molar-refractivity contribution is -0.122. The minimum Gasteiger partial charge on any atom is -0.379 e. The third-order valence-corrected chi connectivity index (χ3v) is 6.20. The molecule has 6 nitrogen and oxygen atoms in total. The highest BCUT2D eigenvalue weighted by Crippen LogP contribution is 2.31. The summed E-state index contributed by atoms with van der Waals surface area (Å²) >= 11 is 0. The van der Waals surface area contributed by atoms with Crippen LogP contribution >= 0.6 is 21.6 Å². The van der Waals surface area contributed by atoms with Gasteiger partial charge in [0.25, 0.3) is 0 Å². The number of carbonyl (C=O) groups is 1. The Morgan fingerprint density at radius 2 is 1.67 bits per heavy atom. The normalized spacial score (nSPS) is 11.3. The molecule has 0 aromatic heterocycles. The van der Waals surface area contributed by atoms with Crippen molar-refractivity contribution in [2.45, 2.75) is 59.8 Å². The van der Waals surface area contributed by atoms with Crippen LogP contribution in [0.5, 0.6) is 0 Å². The van der Waals surface area contributed by atoms with Crippen LogP contribution in [-0.2, 0) is 19.0 Å². The van der Waals surface area contributed by atoms with Crippen molar-refractivity contribution in [3.05, 3.63) is 0 Å². The van der Waals surface area contributed by atoms with Crippen molar-refractivity contribution in [2.75, 3.05) is 58.4 Å². The largest absolute Gasteiger partial charge is 0.379 e. The molecule has 2 N–H and O–H groups in total. The van der Waals surface area contributed by atoms with E-state index in [2.05, 4.69) is 43.2 Å². The quantitative estimate of drug-likeness (QED) is 0.138. The number of ether oxygens (including phenoxy) is 3. The molecule has 0 aliphatic carbocycles. The lowest BCUT2D eigenvalue weighted by Crippen LogP contribution is -2.25. The number of nitrogens with one attached hydrogen (secondary N) is 2. The van der Waals surface area contributed by atoms with Crippen LogP contribution in [-0.4, -0.2) is 69.8 Å². The highest BCUT2D eigenvalue weighted by atomic mass is 33.1. The predicted molar refractivity (Wildman–Crippen MR) is 132 cm³/mol. The van der Waals surface area contributed by atoms with Crippen molar-refractivity contribution in [2.24, 2.45) is 5.92 Å². The summed E-state index contributed by atoms with van der Waals surface area (Å²) in [6, 6.07) is 0. The molecule has 0 spiro atoms. The molecular formula is C22H44N2O4S2. The van der Waals surface area contributed by atoms with Gasteiger partial charge in [-0.3, -0.25) is 4.79 Å². The van der Waals surface area contributed by atoms with Gasteiger partial charge in [0.1, 0.15) is 5.44 Å². The molecule has 0 fully saturated rings. The number of carbonyl (C=O) groups excluding carboxylic acids is 1. The number of hydrogen-bond donors (Lipinski definition) is 2. The zero-order chi connectivity index (χ0) is 22.9. The van der Waals surface area contributed by atoms with Crippen LogP contribution in [0.4, 0.5) is 0 Å². The molecule has 0 aromatic rings. The molecule has 178 valence electrons. The Kier molecular flexibility index (Phi) is 28.2. The molecule has 0 aliphatic rings. The number of hydrogen-bond acceptors (Lipinski definition) is 7. The van der Waals surface area contributed by atoms with Crippen molar-refractivity contribution in [3.63, 3.8) is 0 Å². The van der Waals surface area contributed by atoms with E-state index in [-0.39, 0.29) is 11.3 Å². The first kappa shape index (κ1) is 31.8. The molecule has 0 bridgehead atoms. The van der Waals surface area contributed by atoms with Crippen LogP contribution in [0.1, 0.15) is 54.4 Å². The molecule has 8 heteroatoms. The summed E-state index contributed by atoms with van der Waals surface area (Å²) in [5.74, 6) is 7.27. The molecule has 0 rings (SSSR count). The van der Waals surface area contributed by atoms with E-state index in [0.717, 1.165) is 25.3 Å². The first-order valence-electron chi connectivity index (χ1n) is 11.1. The number of rotatable bonds is 18. The fourth-order valence-corrected chi connectivity index (χ4v) is 4.47. The molecule has 0 heterocycles. The average molecular weight is 465 g/mol. The SMILES string of the molecule is CC.CCC#CCNC(=O)CCOCCOCCOC(SSCCNCC)C(C)C. The van der Waals surface area contributed by atoms with E-state index in [1.54, 1.807) is 10.8 Å². The van der Waals surface area contributed by atoms with Crippen LogP contribution in [0.15, 0.2) is 0 Å². The zero-order valence-corrected chi connectivity index (χ0v) is 21.5. The van der Waals surface area contributed by atoms with Gasteiger partial charge in [-0.1, -0.05) is 69.1 Å². The topological polar surface area (TPSA) is 68.8 Å². The van der Waals surface area contributed by atoms with Crippen molar-refractivity contribution >= 4 is 27.5 Å². The van der Waals surface area contributed by atoms with Gasteiger partial charge in [0.15, 0.2) is 0 Å². The second kappa shape index (κ2) is 26.6. The van der Waals surface area contributed by atoms with E-state index < -0.39 is 0 Å². The van der Waals surface area contributed by atoms with Crippen LogP contribution in [0.2, 0.25) is 0 Å². The van der Waals surface area contributed by atoms with Gasteiger partial charge in [-0.25, -0.2) is 0 Å².